The van der Waals surface area contributed by atoms with Gasteiger partial charge in [0.05, 0.1) is 24.8 Å². The number of ether oxygens (including phenoxy) is 3. The molecule has 3 rings (SSSR count). The van der Waals surface area contributed by atoms with Gasteiger partial charge >= 0.3 is 6.01 Å². The molecule has 1 aliphatic rings. The highest BCUT2D eigenvalue weighted by Crippen LogP contribution is 2.40. The second-order valence-electron chi connectivity index (χ2n) is 6.36. The smallest absolute Gasteiger partial charge is 0.327 e. The van der Waals surface area contributed by atoms with Gasteiger partial charge in [-0.2, -0.15) is 15.0 Å². The van der Waals surface area contributed by atoms with Gasteiger partial charge in [0, 0.05) is 13.1 Å². The van der Waals surface area contributed by atoms with Crippen LogP contribution in [0.15, 0.2) is 16.6 Å². The molecule has 1 aliphatic heterocycles. The van der Waals surface area contributed by atoms with Crippen molar-refractivity contribution in [3.63, 3.8) is 0 Å². The van der Waals surface area contributed by atoms with Crippen LogP contribution in [0.4, 0.5) is 5.95 Å². The molecule has 0 N–H and O–H groups in total. The fourth-order valence-electron chi connectivity index (χ4n) is 2.66. The fourth-order valence-corrected chi connectivity index (χ4v) is 3.20. The molecule has 2 aromatic rings. The van der Waals surface area contributed by atoms with Gasteiger partial charge in [0.25, 0.3) is 0 Å². The summed E-state index contributed by atoms with van der Waals surface area (Å²) < 4.78 is 17.7. The summed E-state index contributed by atoms with van der Waals surface area (Å²) in [5.41, 5.74) is 1.15. The van der Waals surface area contributed by atoms with Gasteiger partial charge in [0.2, 0.25) is 5.95 Å². The number of aryl methyl sites for hydroxylation is 1. The van der Waals surface area contributed by atoms with Crippen molar-refractivity contribution in [2.75, 3.05) is 38.3 Å². The van der Waals surface area contributed by atoms with E-state index >= 15 is 0 Å². The SMILES string of the molecule is COc1cc(C(C)C)cc(Br)c1Oc1nc(C)nc(N2CCOCC2)n1. The van der Waals surface area contributed by atoms with Crippen molar-refractivity contribution in [3.05, 3.63) is 28.0 Å². The van der Waals surface area contributed by atoms with Crippen LogP contribution in [0.5, 0.6) is 17.5 Å². The highest BCUT2D eigenvalue weighted by Gasteiger charge is 2.19. The van der Waals surface area contributed by atoms with Gasteiger partial charge in [-0.3, -0.25) is 0 Å². The number of halogens is 1. The predicted molar refractivity (Wildman–Crippen MR) is 102 cm³/mol. The van der Waals surface area contributed by atoms with Gasteiger partial charge in [0.15, 0.2) is 11.5 Å². The highest BCUT2D eigenvalue weighted by atomic mass is 79.9. The zero-order chi connectivity index (χ0) is 18.7. The van der Waals surface area contributed by atoms with E-state index in [0.29, 0.717) is 42.4 Å². The first-order valence-electron chi connectivity index (χ1n) is 8.58. The molecule has 2 heterocycles. The van der Waals surface area contributed by atoms with Gasteiger partial charge in [0.1, 0.15) is 5.82 Å². The molecule has 7 nitrogen and oxygen atoms in total. The van der Waals surface area contributed by atoms with E-state index in [2.05, 4.69) is 49.6 Å². The molecule has 0 aliphatic carbocycles. The van der Waals surface area contributed by atoms with Crippen LogP contribution in [0.25, 0.3) is 0 Å². The number of anilines is 1. The van der Waals surface area contributed by atoms with Crippen LogP contribution in [-0.4, -0.2) is 48.4 Å². The lowest BCUT2D eigenvalue weighted by Crippen LogP contribution is -2.37. The summed E-state index contributed by atoms with van der Waals surface area (Å²) in [4.78, 5) is 15.3. The number of nitrogens with zero attached hydrogens (tertiary/aromatic N) is 4. The third-order valence-corrected chi connectivity index (χ3v) is 4.71. The number of methoxy groups -OCH3 is 1. The molecule has 1 fully saturated rings. The first kappa shape index (κ1) is 18.8. The third-order valence-electron chi connectivity index (χ3n) is 4.12. The monoisotopic (exact) mass is 422 g/mol. The van der Waals surface area contributed by atoms with Gasteiger partial charge in [-0.25, -0.2) is 0 Å². The summed E-state index contributed by atoms with van der Waals surface area (Å²) >= 11 is 3.58. The molecule has 0 unspecified atom stereocenters. The lowest BCUT2D eigenvalue weighted by Gasteiger charge is -2.26. The number of hydrogen-bond acceptors (Lipinski definition) is 7. The Morgan fingerprint density at radius 3 is 2.54 bits per heavy atom. The third kappa shape index (κ3) is 4.24. The normalized spacial score (nSPS) is 14.6. The summed E-state index contributed by atoms with van der Waals surface area (Å²) in [6, 6.07) is 4.25. The Bertz CT molecular complexity index is 779. The van der Waals surface area contributed by atoms with E-state index < -0.39 is 0 Å². The Hall–Kier alpha value is -1.93. The van der Waals surface area contributed by atoms with Crippen molar-refractivity contribution < 1.29 is 14.2 Å². The molecule has 0 radical (unpaired) electrons. The van der Waals surface area contributed by atoms with E-state index in [1.54, 1.807) is 7.11 Å². The molecule has 1 aromatic heterocycles. The van der Waals surface area contributed by atoms with Crippen molar-refractivity contribution >= 4 is 21.9 Å². The quantitative estimate of drug-likeness (QED) is 0.726. The van der Waals surface area contributed by atoms with Crippen LogP contribution >= 0.6 is 15.9 Å². The van der Waals surface area contributed by atoms with Crippen LogP contribution in [0.2, 0.25) is 0 Å². The first-order valence-corrected chi connectivity index (χ1v) is 9.38. The topological polar surface area (TPSA) is 69.6 Å². The largest absolute Gasteiger partial charge is 0.493 e. The summed E-state index contributed by atoms with van der Waals surface area (Å²) in [5, 5.41) is 0. The van der Waals surface area contributed by atoms with Crippen LogP contribution in [0, 0.1) is 6.92 Å². The highest BCUT2D eigenvalue weighted by molar-refractivity contribution is 9.10. The minimum atomic E-state index is 0.246. The number of rotatable bonds is 5. The Labute approximate surface area is 161 Å². The standard InChI is InChI=1S/C18H23BrN4O3/c1-11(2)13-9-14(19)16(15(10-13)24-4)26-18-21-12(3)20-17(22-18)23-5-7-25-8-6-23/h9-11H,5-8H2,1-4H3. The second kappa shape index (κ2) is 8.18. The van der Waals surface area contributed by atoms with Crippen molar-refractivity contribution in [3.8, 4) is 17.5 Å². The average Bonchev–Trinajstić information content (AvgIpc) is 2.63. The van der Waals surface area contributed by atoms with E-state index in [1.807, 2.05) is 19.1 Å². The lowest BCUT2D eigenvalue weighted by atomic mass is 10.0. The first-order chi connectivity index (χ1) is 12.5. The molecule has 0 bridgehead atoms. The Morgan fingerprint density at radius 2 is 1.88 bits per heavy atom. The fraction of sp³-hybridized carbons (Fsp3) is 0.500. The lowest BCUT2D eigenvalue weighted by molar-refractivity contribution is 0.122. The van der Waals surface area contributed by atoms with E-state index in [1.165, 1.54) is 0 Å². The van der Waals surface area contributed by atoms with Crippen LogP contribution < -0.4 is 14.4 Å². The van der Waals surface area contributed by atoms with E-state index in [-0.39, 0.29) is 6.01 Å². The summed E-state index contributed by atoms with van der Waals surface area (Å²) in [6.07, 6.45) is 0. The van der Waals surface area contributed by atoms with E-state index in [9.17, 15) is 0 Å². The van der Waals surface area contributed by atoms with Gasteiger partial charge in [-0.05, 0) is 46.5 Å². The van der Waals surface area contributed by atoms with Crippen molar-refractivity contribution in [1.29, 1.82) is 0 Å². The Morgan fingerprint density at radius 1 is 1.15 bits per heavy atom. The summed E-state index contributed by atoms with van der Waals surface area (Å²) in [5.74, 6) is 2.76. The Balaban J connectivity index is 1.92. The predicted octanol–water partition coefficient (Wildman–Crippen LogP) is 3.70. The summed E-state index contributed by atoms with van der Waals surface area (Å²) in [6.45, 7) is 8.91. The average molecular weight is 423 g/mol. The maximum atomic E-state index is 5.99. The number of aromatic nitrogens is 3. The van der Waals surface area contributed by atoms with Crippen molar-refractivity contribution in [2.45, 2.75) is 26.7 Å². The van der Waals surface area contributed by atoms with E-state index in [4.69, 9.17) is 14.2 Å². The number of hydrogen-bond donors (Lipinski definition) is 0. The second-order valence-corrected chi connectivity index (χ2v) is 7.21. The van der Waals surface area contributed by atoms with Gasteiger partial charge in [-0.15, -0.1) is 0 Å². The van der Waals surface area contributed by atoms with E-state index in [0.717, 1.165) is 23.1 Å². The number of benzene rings is 1. The van der Waals surface area contributed by atoms with Crippen LogP contribution in [-0.2, 0) is 4.74 Å². The van der Waals surface area contributed by atoms with Crippen LogP contribution in [0.1, 0.15) is 31.2 Å². The molecule has 1 aromatic carbocycles. The molecule has 140 valence electrons. The van der Waals surface area contributed by atoms with Crippen LogP contribution in [0.3, 0.4) is 0 Å². The molecule has 1 saturated heterocycles. The van der Waals surface area contributed by atoms with Gasteiger partial charge in [-0.1, -0.05) is 13.8 Å². The van der Waals surface area contributed by atoms with Crippen molar-refractivity contribution in [2.24, 2.45) is 0 Å². The zero-order valence-corrected chi connectivity index (χ0v) is 17.0. The molecule has 0 saturated carbocycles. The minimum absolute atomic E-state index is 0.246. The maximum Gasteiger partial charge on any atom is 0.327 e. The summed E-state index contributed by atoms with van der Waals surface area (Å²) in [7, 11) is 1.62. The molecular formula is C18H23BrN4O3. The molecule has 8 heteroatoms. The molecule has 26 heavy (non-hydrogen) atoms. The van der Waals surface area contributed by atoms with Crippen molar-refractivity contribution in [1.82, 2.24) is 15.0 Å². The molecule has 0 amide bonds. The molecule has 0 atom stereocenters. The van der Waals surface area contributed by atoms with Gasteiger partial charge < -0.3 is 19.1 Å². The minimum Gasteiger partial charge on any atom is -0.493 e. The Kier molecular flexibility index (Phi) is 5.93. The number of morpholine rings is 1. The molecule has 0 spiro atoms. The maximum absolute atomic E-state index is 5.99. The zero-order valence-electron chi connectivity index (χ0n) is 15.5. The molecular weight excluding hydrogens is 400 g/mol.